The molecule has 0 aromatic rings. The van der Waals surface area contributed by atoms with E-state index in [0.717, 1.165) is 103 Å². The van der Waals surface area contributed by atoms with Crippen molar-refractivity contribution in [1.29, 1.82) is 0 Å². The maximum Gasteiger partial charge on any atom is 0.306 e. The molecule has 0 aliphatic carbocycles. The Hall–Kier alpha value is -2.89. The van der Waals surface area contributed by atoms with Crippen LogP contribution in [0, 0.1) is 0 Å². The number of esters is 3. The van der Waals surface area contributed by atoms with E-state index in [0.29, 0.717) is 19.3 Å². The minimum atomic E-state index is -0.788. The average Bonchev–Trinajstić information content (AvgIpc) is 3.29. The van der Waals surface area contributed by atoms with Gasteiger partial charge >= 0.3 is 17.9 Å². The molecule has 64 heavy (non-hydrogen) atoms. The fourth-order valence-electron chi connectivity index (χ4n) is 7.62. The van der Waals surface area contributed by atoms with Crippen LogP contribution in [0.25, 0.3) is 0 Å². The number of ether oxygens (including phenoxy) is 3. The van der Waals surface area contributed by atoms with Gasteiger partial charge in [-0.25, -0.2) is 0 Å². The van der Waals surface area contributed by atoms with Crippen molar-refractivity contribution in [3.63, 3.8) is 0 Å². The average molecular weight is 895 g/mol. The number of hydrogen-bond acceptors (Lipinski definition) is 6. The highest BCUT2D eigenvalue weighted by atomic mass is 16.6. The Morgan fingerprint density at radius 2 is 0.609 bits per heavy atom. The molecule has 6 heteroatoms. The smallest absolute Gasteiger partial charge is 0.306 e. The predicted molar refractivity (Wildman–Crippen MR) is 275 cm³/mol. The van der Waals surface area contributed by atoms with E-state index in [9.17, 15) is 14.4 Å². The van der Waals surface area contributed by atoms with Crippen molar-refractivity contribution in [2.24, 2.45) is 0 Å². The summed E-state index contributed by atoms with van der Waals surface area (Å²) < 4.78 is 16.8. The van der Waals surface area contributed by atoms with Gasteiger partial charge in [0.25, 0.3) is 0 Å². The number of carbonyl (C=O) groups is 3. The Balaban J connectivity index is 4.40. The summed E-state index contributed by atoms with van der Waals surface area (Å²) in [4.78, 5) is 38.0. The van der Waals surface area contributed by atoms with Crippen molar-refractivity contribution in [3.8, 4) is 0 Å². The maximum absolute atomic E-state index is 12.8. The van der Waals surface area contributed by atoms with Gasteiger partial charge in [-0.15, -0.1) is 0 Å². The predicted octanol–water partition coefficient (Wildman–Crippen LogP) is 18.0. The lowest BCUT2D eigenvalue weighted by Gasteiger charge is -2.18. The van der Waals surface area contributed by atoms with Crippen LogP contribution < -0.4 is 0 Å². The Bertz CT molecular complexity index is 1170. The molecule has 0 amide bonds. The first kappa shape index (κ1) is 61.1. The quantitative estimate of drug-likeness (QED) is 0.0262. The molecular weight excluding hydrogens is 793 g/mol. The molecule has 1 unspecified atom stereocenters. The highest BCUT2D eigenvalue weighted by Gasteiger charge is 2.19. The van der Waals surface area contributed by atoms with E-state index in [4.69, 9.17) is 14.2 Å². The van der Waals surface area contributed by atoms with Gasteiger partial charge in [0, 0.05) is 19.3 Å². The van der Waals surface area contributed by atoms with E-state index in [2.05, 4.69) is 81.5 Å². The molecule has 370 valence electrons. The third-order valence-corrected chi connectivity index (χ3v) is 11.7. The summed E-state index contributed by atoms with van der Waals surface area (Å²) >= 11 is 0. The fraction of sp³-hybridized carbons (Fsp3) is 0.776. The molecular formula is C58H102O6. The fourth-order valence-corrected chi connectivity index (χ4v) is 7.62. The van der Waals surface area contributed by atoms with Crippen molar-refractivity contribution in [3.05, 3.63) is 60.8 Å². The molecule has 0 saturated carbocycles. The lowest BCUT2D eigenvalue weighted by atomic mass is 10.1. The molecule has 0 aliphatic rings. The van der Waals surface area contributed by atoms with Crippen LogP contribution >= 0.6 is 0 Å². The standard InChI is InChI=1S/C58H102O6/c1-4-7-10-13-16-19-22-25-27-29-31-33-36-39-42-45-48-51-57(60)63-54-55(53-62-56(59)50-47-44-41-38-35-32-24-21-18-15-12-9-6-3)64-58(61)52-49-46-43-40-37-34-30-28-26-23-20-17-14-11-8-5-2/h8,11,17,20,25-28,32,35,55H,4-7,9-10,12-16,18-19,21-24,29-31,33-34,36-54H2,1-3H3/b11-8-,20-17-,27-25-,28-26-,35-32-. The van der Waals surface area contributed by atoms with Gasteiger partial charge in [-0.3, -0.25) is 14.4 Å². The Morgan fingerprint density at radius 3 is 0.984 bits per heavy atom. The van der Waals surface area contributed by atoms with Crippen molar-refractivity contribution >= 4 is 17.9 Å². The highest BCUT2D eigenvalue weighted by Crippen LogP contribution is 2.14. The molecule has 0 saturated heterocycles. The van der Waals surface area contributed by atoms with Crippen LogP contribution in [0.4, 0.5) is 0 Å². The van der Waals surface area contributed by atoms with Crippen LogP contribution in [0.3, 0.4) is 0 Å². The van der Waals surface area contributed by atoms with Gasteiger partial charge < -0.3 is 14.2 Å². The third kappa shape index (κ3) is 50.1. The second-order valence-corrected chi connectivity index (χ2v) is 18.1. The summed E-state index contributed by atoms with van der Waals surface area (Å²) in [7, 11) is 0. The summed E-state index contributed by atoms with van der Waals surface area (Å²) in [6, 6.07) is 0. The minimum Gasteiger partial charge on any atom is -0.462 e. The summed E-state index contributed by atoms with van der Waals surface area (Å²) in [6.07, 6.45) is 64.9. The maximum atomic E-state index is 12.8. The Morgan fingerprint density at radius 1 is 0.328 bits per heavy atom. The highest BCUT2D eigenvalue weighted by molar-refractivity contribution is 5.71. The largest absolute Gasteiger partial charge is 0.462 e. The number of unbranched alkanes of at least 4 members (excludes halogenated alkanes) is 28. The van der Waals surface area contributed by atoms with Crippen molar-refractivity contribution in [1.82, 2.24) is 0 Å². The second kappa shape index (κ2) is 52.7. The zero-order valence-corrected chi connectivity index (χ0v) is 42.3. The molecule has 0 N–H and O–H groups in total. The van der Waals surface area contributed by atoms with Gasteiger partial charge in [-0.05, 0) is 103 Å². The van der Waals surface area contributed by atoms with Crippen LogP contribution in [0.1, 0.15) is 271 Å². The van der Waals surface area contributed by atoms with E-state index < -0.39 is 6.10 Å². The topological polar surface area (TPSA) is 78.9 Å². The molecule has 1 atom stereocenters. The van der Waals surface area contributed by atoms with Gasteiger partial charge in [-0.2, -0.15) is 0 Å². The minimum absolute atomic E-state index is 0.0859. The normalized spacial score (nSPS) is 12.5. The molecule has 0 bridgehead atoms. The summed E-state index contributed by atoms with van der Waals surface area (Å²) in [5, 5.41) is 0. The molecule has 0 aromatic heterocycles. The molecule has 0 heterocycles. The summed E-state index contributed by atoms with van der Waals surface area (Å²) in [6.45, 7) is 6.50. The molecule has 0 spiro atoms. The third-order valence-electron chi connectivity index (χ3n) is 11.7. The molecule has 0 radical (unpaired) electrons. The first-order chi connectivity index (χ1) is 31.5. The van der Waals surface area contributed by atoms with E-state index in [1.54, 1.807) is 0 Å². The van der Waals surface area contributed by atoms with Crippen LogP contribution in [0.2, 0.25) is 0 Å². The lowest BCUT2D eigenvalue weighted by molar-refractivity contribution is -0.167. The number of hydrogen-bond donors (Lipinski definition) is 0. The molecule has 0 fully saturated rings. The summed E-state index contributed by atoms with van der Waals surface area (Å²) in [5.74, 6) is -0.913. The van der Waals surface area contributed by atoms with E-state index in [1.807, 2.05) is 0 Å². The first-order valence-corrected chi connectivity index (χ1v) is 27.3. The van der Waals surface area contributed by atoms with Crippen LogP contribution in [-0.2, 0) is 28.6 Å². The molecule has 0 aromatic carbocycles. The van der Waals surface area contributed by atoms with E-state index >= 15 is 0 Å². The van der Waals surface area contributed by atoms with E-state index in [-0.39, 0.29) is 31.1 Å². The van der Waals surface area contributed by atoms with Crippen LogP contribution in [0.15, 0.2) is 60.8 Å². The van der Waals surface area contributed by atoms with Gasteiger partial charge in [0.2, 0.25) is 0 Å². The van der Waals surface area contributed by atoms with Gasteiger partial charge in [0.05, 0.1) is 0 Å². The van der Waals surface area contributed by atoms with Gasteiger partial charge in [0.15, 0.2) is 6.10 Å². The Labute approximate surface area is 396 Å². The zero-order valence-electron chi connectivity index (χ0n) is 42.3. The lowest BCUT2D eigenvalue weighted by Crippen LogP contribution is -2.30. The summed E-state index contributed by atoms with van der Waals surface area (Å²) in [5.41, 5.74) is 0. The number of rotatable bonds is 49. The second-order valence-electron chi connectivity index (χ2n) is 18.1. The van der Waals surface area contributed by atoms with Crippen molar-refractivity contribution in [2.75, 3.05) is 13.2 Å². The van der Waals surface area contributed by atoms with Gasteiger partial charge in [-0.1, -0.05) is 210 Å². The molecule has 0 aliphatic heterocycles. The number of carbonyl (C=O) groups excluding carboxylic acids is 3. The molecule has 6 nitrogen and oxygen atoms in total. The van der Waals surface area contributed by atoms with E-state index in [1.165, 1.54) is 128 Å². The van der Waals surface area contributed by atoms with Gasteiger partial charge in [0.1, 0.15) is 13.2 Å². The monoisotopic (exact) mass is 895 g/mol. The number of allylic oxidation sites excluding steroid dienone is 10. The van der Waals surface area contributed by atoms with Crippen LogP contribution in [-0.4, -0.2) is 37.2 Å². The molecule has 0 rings (SSSR count). The zero-order chi connectivity index (χ0) is 46.5. The van der Waals surface area contributed by atoms with Crippen molar-refractivity contribution in [2.45, 2.75) is 277 Å². The van der Waals surface area contributed by atoms with Crippen LogP contribution in [0.5, 0.6) is 0 Å². The Kier molecular flexibility index (Phi) is 50.4. The SMILES string of the molecule is CC/C=C\C/C=C\C/C=C\CCCCCCCCC(=O)OC(COC(=O)CCCCC/C=C\CCCCCCCC)COC(=O)CCCCCCCCC/C=C\CCCCCCCC. The first-order valence-electron chi connectivity index (χ1n) is 27.3. The van der Waals surface area contributed by atoms with Crippen molar-refractivity contribution < 1.29 is 28.6 Å².